The van der Waals surface area contributed by atoms with E-state index in [0.717, 1.165) is 0 Å². The van der Waals surface area contributed by atoms with Gasteiger partial charge >= 0.3 is 5.97 Å². The normalized spacial score (nSPS) is 16.7. The van der Waals surface area contributed by atoms with Gasteiger partial charge in [0.15, 0.2) is 0 Å². The number of hydrogen-bond donors (Lipinski definition) is 6. The Bertz CT molecular complexity index is 498. The molecule has 144 valence electrons. The van der Waals surface area contributed by atoms with Gasteiger partial charge in [0.05, 0.1) is 6.61 Å². The second-order valence-corrected chi connectivity index (χ2v) is 5.96. The average Bonchev–Trinajstić information content (AvgIpc) is 2.56. The van der Waals surface area contributed by atoms with Gasteiger partial charge in [0.1, 0.15) is 24.2 Å². The Morgan fingerprint density at radius 2 is 1.36 bits per heavy atom. The molecule has 0 saturated carbocycles. The summed E-state index contributed by atoms with van der Waals surface area (Å²) in [6.45, 7) is 5.73. The quantitative estimate of drug-likeness (QED) is 0.260. The van der Waals surface area contributed by atoms with Crippen LogP contribution in [0, 0.1) is 5.92 Å². The Morgan fingerprint density at radius 1 is 0.920 bits per heavy atom. The molecule has 0 aliphatic rings. The molecule has 0 saturated heterocycles. The topological polar surface area (TPSA) is 171 Å². The van der Waals surface area contributed by atoms with Crippen molar-refractivity contribution >= 4 is 23.7 Å². The number of carbonyl (C=O) groups excluding carboxylic acids is 3. The Kier molecular flexibility index (Phi) is 9.69. The summed E-state index contributed by atoms with van der Waals surface area (Å²) in [6.07, 6.45) is 0.562. The zero-order valence-corrected chi connectivity index (χ0v) is 14.9. The summed E-state index contributed by atoms with van der Waals surface area (Å²) in [7, 11) is 0. The van der Waals surface area contributed by atoms with Crippen LogP contribution >= 0.6 is 0 Å². The minimum atomic E-state index is -1.15. The first kappa shape index (κ1) is 22.8. The highest BCUT2D eigenvalue weighted by Crippen LogP contribution is 2.08. The molecule has 0 aromatic heterocycles. The number of aliphatic carboxylic acids is 1. The number of carboxylic acids is 1. The van der Waals surface area contributed by atoms with Crippen molar-refractivity contribution in [3.05, 3.63) is 0 Å². The number of amides is 3. The van der Waals surface area contributed by atoms with E-state index in [1.165, 1.54) is 13.8 Å². The largest absolute Gasteiger partial charge is 0.480 e. The molecule has 7 N–H and O–H groups in total. The Labute approximate surface area is 146 Å². The van der Waals surface area contributed by atoms with Gasteiger partial charge in [0.2, 0.25) is 17.7 Å². The van der Waals surface area contributed by atoms with Crippen molar-refractivity contribution in [2.45, 2.75) is 58.3 Å². The molecule has 0 aliphatic carbocycles. The first-order valence-electron chi connectivity index (χ1n) is 8.05. The molecule has 0 aliphatic heterocycles. The van der Waals surface area contributed by atoms with E-state index >= 15 is 0 Å². The standard InChI is InChI=1S/C15H28N4O6/c1-5-7(2)11(15(24)25)19-13(22)9(4)17-12(21)8(3)18-14(23)10(16)6-20/h7-11,20H,5-6,16H2,1-4H3,(H,17,21)(H,18,23)(H,19,22)(H,24,25). The third-order valence-electron chi connectivity index (χ3n) is 3.81. The molecule has 0 aromatic rings. The number of carbonyl (C=O) groups is 4. The van der Waals surface area contributed by atoms with Crippen LogP contribution in [-0.4, -0.2) is 64.7 Å². The van der Waals surface area contributed by atoms with Crippen LogP contribution in [0.2, 0.25) is 0 Å². The van der Waals surface area contributed by atoms with Crippen molar-refractivity contribution in [3.8, 4) is 0 Å². The van der Waals surface area contributed by atoms with E-state index in [-0.39, 0.29) is 5.92 Å². The summed E-state index contributed by atoms with van der Waals surface area (Å²) in [5.41, 5.74) is 5.33. The second-order valence-electron chi connectivity index (χ2n) is 5.96. The summed E-state index contributed by atoms with van der Waals surface area (Å²) in [4.78, 5) is 46.8. The van der Waals surface area contributed by atoms with Gasteiger partial charge in [0.25, 0.3) is 0 Å². The summed E-state index contributed by atoms with van der Waals surface area (Å²) in [5.74, 6) is -3.42. The summed E-state index contributed by atoms with van der Waals surface area (Å²) in [6, 6.07) is -4.19. The number of carboxylic acid groups (broad SMARTS) is 1. The molecule has 0 radical (unpaired) electrons. The van der Waals surface area contributed by atoms with Gasteiger partial charge in [0, 0.05) is 0 Å². The fraction of sp³-hybridized carbons (Fsp3) is 0.733. The van der Waals surface area contributed by atoms with Crippen molar-refractivity contribution in [3.63, 3.8) is 0 Å². The first-order chi connectivity index (χ1) is 11.5. The summed E-state index contributed by atoms with van der Waals surface area (Å²) in [5, 5.41) is 25.0. The number of rotatable bonds is 10. The monoisotopic (exact) mass is 360 g/mol. The van der Waals surface area contributed by atoms with Crippen molar-refractivity contribution in [2.24, 2.45) is 11.7 Å². The van der Waals surface area contributed by atoms with Gasteiger partial charge in [-0.05, 0) is 19.8 Å². The smallest absolute Gasteiger partial charge is 0.326 e. The van der Waals surface area contributed by atoms with E-state index in [2.05, 4.69) is 16.0 Å². The van der Waals surface area contributed by atoms with Gasteiger partial charge in [-0.3, -0.25) is 14.4 Å². The Morgan fingerprint density at radius 3 is 1.76 bits per heavy atom. The molecule has 10 nitrogen and oxygen atoms in total. The van der Waals surface area contributed by atoms with Crippen molar-refractivity contribution in [1.82, 2.24) is 16.0 Å². The first-order valence-corrected chi connectivity index (χ1v) is 8.05. The fourth-order valence-electron chi connectivity index (χ4n) is 1.83. The van der Waals surface area contributed by atoms with Crippen LogP contribution in [0.25, 0.3) is 0 Å². The lowest BCUT2D eigenvalue weighted by atomic mass is 9.99. The number of nitrogens with two attached hydrogens (primary N) is 1. The van der Waals surface area contributed by atoms with E-state index in [1.54, 1.807) is 13.8 Å². The van der Waals surface area contributed by atoms with Crippen LogP contribution in [0.15, 0.2) is 0 Å². The second kappa shape index (κ2) is 10.6. The molecule has 0 fully saturated rings. The molecule has 5 unspecified atom stereocenters. The number of hydrogen-bond acceptors (Lipinski definition) is 6. The lowest BCUT2D eigenvalue weighted by molar-refractivity contribution is -0.143. The molecule has 5 atom stereocenters. The van der Waals surface area contributed by atoms with Gasteiger partial charge in [-0.2, -0.15) is 0 Å². The minimum absolute atomic E-state index is 0.275. The summed E-state index contributed by atoms with van der Waals surface area (Å²) >= 11 is 0. The SMILES string of the molecule is CCC(C)C(NC(=O)C(C)NC(=O)C(C)NC(=O)C(N)CO)C(=O)O. The highest BCUT2D eigenvalue weighted by molar-refractivity contribution is 5.93. The number of nitrogens with one attached hydrogen (secondary N) is 3. The fourth-order valence-corrected chi connectivity index (χ4v) is 1.83. The molecule has 0 spiro atoms. The summed E-state index contributed by atoms with van der Waals surface area (Å²) < 4.78 is 0. The van der Waals surface area contributed by atoms with E-state index in [1.807, 2.05) is 0 Å². The van der Waals surface area contributed by atoms with Gasteiger partial charge < -0.3 is 31.9 Å². The third kappa shape index (κ3) is 7.48. The van der Waals surface area contributed by atoms with Crippen LogP contribution in [0.1, 0.15) is 34.1 Å². The van der Waals surface area contributed by atoms with Crippen LogP contribution in [0.3, 0.4) is 0 Å². The maximum atomic E-state index is 12.1. The van der Waals surface area contributed by atoms with E-state index < -0.39 is 54.5 Å². The molecule has 3 amide bonds. The van der Waals surface area contributed by atoms with E-state index in [9.17, 15) is 19.2 Å². The molecular weight excluding hydrogens is 332 g/mol. The minimum Gasteiger partial charge on any atom is -0.480 e. The predicted octanol–water partition coefficient (Wildman–Crippen LogP) is -2.07. The lowest BCUT2D eigenvalue weighted by Gasteiger charge is -2.23. The molecule has 0 heterocycles. The highest BCUT2D eigenvalue weighted by atomic mass is 16.4. The van der Waals surface area contributed by atoms with Crippen LogP contribution in [-0.2, 0) is 19.2 Å². The predicted molar refractivity (Wildman–Crippen MR) is 89.3 cm³/mol. The van der Waals surface area contributed by atoms with Gasteiger partial charge in [-0.25, -0.2) is 4.79 Å². The van der Waals surface area contributed by atoms with Crippen molar-refractivity contribution < 1.29 is 29.4 Å². The molecule has 25 heavy (non-hydrogen) atoms. The Balaban J connectivity index is 4.67. The third-order valence-corrected chi connectivity index (χ3v) is 3.81. The number of aliphatic hydroxyl groups is 1. The van der Waals surface area contributed by atoms with Crippen molar-refractivity contribution in [1.29, 1.82) is 0 Å². The Hall–Kier alpha value is -2.20. The van der Waals surface area contributed by atoms with Crippen molar-refractivity contribution in [2.75, 3.05) is 6.61 Å². The van der Waals surface area contributed by atoms with E-state index in [0.29, 0.717) is 6.42 Å². The maximum Gasteiger partial charge on any atom is 0.326 e. The van der Waals surface area contributed by atoms with E-state index in [4.69, 9.17) is 15.9 Å². The molecule has 0 aromatic carbocycles. The zero-order valence-electron chi connectivity index (χ0n) is 14.9. The molecule has 10 heteroatoms. The molecule has 0 rings (SSSR count). The zero-order chi connectivity index (χ0) is 19.7. The molecular formula is C15H28N4O6. The highest BCUT2D eigenvalue weighted by Gasteiger charge is 2.28. The van der Waals surface area contributed by atoms with Gasteiger partial charge in [-0.1, -0.05) is 20.3 Å². The van der Waals surface area contributed by atoms with Crippen LogP contribution in [0.4, 0.5) is 0 Å². The average molecular weight is 360 g/mol. The number of aliphatic hydroxyl groups excluding tert-OH is 1. The molecule has 0 bridgehead atoms. The maximum absolute atomic E-state index is 12.1. The van der Waals surface area contributed by atoms with Crippen LogP contribution in [0.5, 0.6) is 0 Å². The van der Waals surface area contributed by atoms with Crippen LogP contribution < -0.4 is 21.7 Å². The lowest BCUT2D eigenvalue weighted by Crippen LogP contribution is -2.56. The van der Waals surface area contributed by atoms with Gasteiger partial charge in [-0.15, -0.1) is 0 Å².